The van der Waals surface area contributed by atoms with Crippen molar-refractivity contribution in [2.45, 2.75) is 6.42 Å². The molecule has 3 heterocycles. The zero-order chi connectivity index (χ0) is 13.1. The van der Waals surface area contributed by atoms with E-state index in [1.54, 1.807) is 16.9 Å². The van der Waals surface area contributed by atoms with Crippen LogP contribution in [0.25, 0.3) is 5.52 Å². The number of pyridine rings is 2. The number of nitrogens with one attached hydrogen (secondary N) is 1. The molecule has 104 valence electrons. The van der Waals surface area contributed by atoms with Gasteiger partial charge in [-0.05, 0) is 36.2 Å². The number of rotatable bonds is 4. The first-order valence-electron chi connectivity index (χ1n) is 6.20. The normalized spacial score (nSPS) is 10.2. The van der Waals surface area contributed by atoms with Crippen molar-refractivity contribution in [2.75, 3.05) is 17.6 Å². The quantitative estimate of drug-likeness (QED) is 0.774. The Morgan fingerprint density at radius 2 is 1.95 bits per heavy atom. The Bertz CT molecular complexity index is 680. The van der Waals surface area contributed by atoms with Crippen molar-refractivity contribution >= 4 is 29.4 Å². The van der Waals surface area contributed by atoms with E-state index < -0.39 is 0 Å². The third kappa shape index (κ3) is 2.83. The lowest BCUT2D eigenvalue weighted by Gasteiger charge is -2.03. The molecule has 0 saturated carbocycles. The average molecular weight is 290 g/mol. The number of hydrogen-bond acceptors (Lipinski definition) is 4. The van der Waals surface area contributed by atoms with E-state index in [1.165, 1.54) is 5.56 Å². The maximum Gasteiger partial charge on any atom is 0.172 e. The summed E-state index contributed by atoms with van der Waals surface area (Å²) in [5.74, 6) is 0.736. The Balaban J connectivity index is 0.00000147. The maximum absolute atomic E-state index is 6.06. The summed E-state index contributed by atoms with van der Waals surface area (Å²) in [5, 5.41) is 7.69. The molecular weight excluding hydrogens is 274 g/mol. The molecule has 3 N–H and O–H groups in total. The van der Waals surface area contributed by atoms with Crippen molar-refractivity contribution in [3.8, 4) is 0 Å². The van der Waals surface area contributed by atoms with E-state index in [0.717, 1.165) is 24.3 Å². The van der Waals surface area contributed by atoms with Crippen LogP contribution in [0.1, 0.15) is 5.56 Å². The molecular formula is C14H16ClN5. The Labute approximate surface area is 123 Å². The lowest BCUT2D eigenvalue weighted by atomic mass is 10.2. The standard InChI is InChI=1S/C14H15N5.ClH/c15-13-12-3-1-2-10-19(12)18-14(13)17-9-6-11-4-7-16-8-5-11;/h1-5,7-8,10H,6,9,15H2,(H,17,18);1H. The monoisotopic (exact) mass is 289 g/mol. The summed E-state index contributed by atoms with van der Waals surface area (Å²) in [6.45, 7) is 0.790. The first-order chi connectivity index (χ1) is 9.34. The zero-order valence-corrected chi connectivity index (χ0v) is 11.7. The molecule has 3 aromatic heterocycles. The number of nitrogens with two attached hydrogens (primary N) is 1. The van der Waals surface area contributed by atoms with Gasteiger partial charge in [0.1, 0.15) is 5.69 Å². The van der Waals surface area contributed by atoms with Gasteiger partial charge in [-0.1, -0.05) is 6.07 Å². The van der Waals surface area contributed by atoms with E-state index in [0.29, 0.717) is 5.69 Å². The molecule has 0 fully saturated rings. The van der Waals surface area contributed by atoms with Gasteiger partial charge in [-0.2, -0.15) is 0 Å². The van der Waals surface area contributed by atoms with Crippen molar-refractivity contribution in [1.82, 2.24) is 14.6 Å². The molecule has 0 saturated heterocycles. The van der Waals surface area contributed by atoms with E-state index >= 15 is 0 Å². The van der Waals surface area contributed by atoms with Crippen LogP contribution >= 0.6 is 12.4 Å². The summed E-state index contributed by atoms with van der Waals surface area (Å²) in [6, 6.07) is 9.86. The minimum absolute atomic E-state index is 0. The lowest BCUT2D eigenvalue weighted by Crippen LogP contribution is -2.06. The van der Waals surface area contributed by atoms with Crippen molar-refractivity contribution < 1.29 is 0 Å². The lowest BCUT2D eigenvalue weighted by molar-refractivity contribution is 0.938. The summed E-state index contributed by atoms with van der Waals surface area (Å²) in [6.07, 6.45) is 6.40. The van der Waals surface area contributed by atoms with Gasteiger partial charge in [0.15, 0.2) is 5.82 Å². The third-order valence-electron chi connectivity index (χ3n) is 3.03. The van der Waals surface area contributed by atoms with Gasteiger partial charge >= 0.3 is 0 Å². The molecule has 20 heavy (non-hydrogen) atoms. The zero-order valence-electron chi connectivity index (χ0n) is 10.9. The first-order valence-corrected chi connectivity index (χ1v) is 6.20. The molecule has 3 rings (SSSR count). The second-order valence-electron chi connectivity index (χ2n) is 4.32. The van der Waals surface area contributed by atoms with Crippen molar-refractivity contribution in [3.63, 3.8) is 0 Å². The predicted molar refractivity (Wildman–Crippen MR) is 83.3 cm³/mol. The molecule has 0 unspecified atom stereocenters. The fourth-order valence-corrected chi connectivity index (χ4v) is 2.02. The van der Waals surface area contributed by atoms with Gasteiger partial charge in [0.2, 0.25) is 0 Å². The molecule has 0 amide bonds. The van der Waals surface area contributed by atoms with Crippen LogP contribution in [-0.4, -0.2) is 21.1 Å². The fraction of sp³-hybridized carbons (Fsp3) is 0.143. The number of halogens is 1. The first kappa shape index (κ1) is 14.1. The van der Waals surface area contributed by atoms with E-state index in [9.17, 15) is 0 Å². The van der Waals surface area contributed by atoms with E-state index in [2.05, 4.69) is 15.4 Å². The van der Waals surface area contributed by atoms with Gasteiger partial charge in [0.25, 0.3) is 0 Å². The summed E-state index contributed by atoms with van der Waals surface area (Å²) in [7, 11) is 0. The molecule has 0 radical (unpaired) electrons. The Kier molecular flexibility index (Phi) is 4.42. The Morgan fingerprint density at radius 3 is 2.70 bits per heavy atom. The summed E-state index contributed by atoms with van der Waals surface area (Å²) in [5.41, 5.74) is 8.92. The van der Waals surface area contributed by atoms with Gasteiger partial charge in [0.05, 0.1) is 5.52 Å². The third-order valence-corrected chi connectivity index (χ3v) is 3.03. The second kappa shape index (κ2) is 6.25. The largest absolute Gasteiger partial charge is 0.394 e. The predicted octanol–water partition coefficient (Wildman–Crippen LogP) is 2.39. The van der Waals surface area contributed by atoms with Crippen LogP contribution < -0.4 is 11.1 Å². The highest BCUT2D eigenvalue weighted by atomic mass is 35.5. The highest BCUT2D eigenvalue weighted by molar-refractivity contribution is 5.85. The average Bonchev–Trinajstić information content (AvgIpc) is 2.78. The van der Waals surface area contributed by atoms with Gasteiger partial charge in [0, 0.05) is 25.1 Å². The molecule has 0 spiro atoms. The van der Waals surface area contributed by atoms with Gasteiger partial charge < -0.3 is 11.1 Å². The molecule has 0 atom stereocenters. The summed E-state index contributed by atoms with van der Waals surface area (Å²) >= 11 is 0. The summed E-state index contributed by atoms with van der Waals surface area (Å²) in [4.78, 5) is 4.00. The van der Waals surface area contributed by atoms with Crippen LogP contribution in [-0.2, 0) is 6.42 Å². The van der Waals surface area contributed by atoms with Crippen LogP contribution in [0.3, 0.4) is 0 Å². The van der Waals surface area contributed by atoms with Crippen molar-refractivity contribution in [1.29, 1.82) is 0 Å². The second-order valence-corrected chi connectivity index (χ2v) is 4.32. The fourth-order valence-electron chi connectivity index (χ4n) is 2.02. The number of nitrogen functional groups attached to an aromatic ring is 1. The van der Waals surface area contributed by atoms with E-state index in [1.807, 2.05) is 36.5 Å². The molecule has 0 aliphatic heterocycles. The van der Waals surface area contributed by atoms with Gasteiger partial charge in [-0.3, -0.25) is 4.98 Å². The number of fused-ring (bicyclic) bond motifs is 1. The minimum Gasteiger partial charge on any atom is -0.394 e. The Hall–Kier alpha value is -2.27. The van der Waals surface area contributed by atoms with Crippen LogP contribution in [0.2, 0.25) is 0 Å². The minimum atomic E-state index is 0. The Morgan fingerprint density at radius 1 is 1.15 bits per heavy atom. The molecule has 0 aromatic carbocycles. The topological polar surface area (TPSA) is 68.2 Å². The highest BCUT2D eigenvalue weighted by Crippen LogP contribution is 2.22. The maximum atomic E-state index is 6.06. The molecule has 0 bridgehead atoms. The SMILES string of the molecule is Cl.Nc1c(NCCc2ccncc2)nn2ccccc12. The van der Waals surface area contributed by atoms with Crippen LogP contribution in [0.4, 0.5) is 11.5 Å². The van der Waals surface area contributed by atoms with Crippen molar-refractivity contribution in [3.05, 3.63) is 54.5 Å². The van der Waals surface area contributed by atoms with Gasteiger partial charge in [-0.25, -0.2) is 4.52 Å². The smallest absolute Gasteiger partial charge is 0.172 e. The highest BCUT2D eigenvalue weighted by Gasteiger charge is 2.07. The van der Waals surface area contributed by atoms with Crippen LogP contribution in [0.5, 0.6) is 0 Å². The van der Waals surface area contributed by atoms with Crippen LogP contribution in [0, 0.1) is 0 Å². The number of nitrogens with zero attached hydrogens (tertiary/aromatic N) is 3. The van der Waals surface area contributed by atoms with Crippen LogP contribution in [0.15, 0.2) is 48.9 Å². The van der Waals surface area contributed by atoms with Gasteiger partial charge in [-0.15, -0.1) is 17.5 Å². The molecule has 6 heteroatoms. The molecule has 0 aliphatic rings. The molecule has 3 aromatic rings. The van der Waals surface area contributed by atoms with Crippen molar-refractivity contribution in [2.24, 2.45) is 0 Å². The number of anilines is 2. The summed E-state index contributed by atoms with van der Waals surface area (Å²) < 4.78 is 1.78. The number of aromatic nitrogens is 3. The van der Waals surface area contributed by atoms with E-state index in [4.69, 9.17) is 5.73 Å². The molecule has 0 aliphatic carbocycles. The van der Waals surface area contributed by atoms with E-state index in [-0.39, 0.29) is 12.4 Å². The molecule has 5 nitrogen and oxygen atoms in total. The number of hydrogen-bond donors (Lipinski definition) is 2.